The van der Waals surface area contributed by atoms with Gasteiger partial charge in [-0.15, -0.1) is 0 Å². The van der Waals surface area contributed by atoms with Crippen LogP contribution in [0, 0.1) is 0 Å². The number of nitrogen functional groups attached to an aromatic ring is 2. The van der Waals surface area contributed by atoms with Gasteiger partial charge in [-0.3, -0.25) is 27.2 Å². The third-order valence-corrected chi connectivity index (χ3v) is 8.92. The largest absolute Gasteiger partial charge is 0.475 e. The zero-order valence-corrected chi connectivity index (χ0v) is 23.1. The van der Waals surface area contributed by atoms with Crippen LogP contribution in [0.25, 0.3) is 22.3 Å². The molecule has 3 saturated heterocycles. The minimum atomic E-state index is -5.21. The summed E-state index contributed by atoms with van der Waals surface area (Å²) in [6, 6.07) is 0. The Balaban J connectivity index is 1.20. The second kappa shape index (κ2) is 10.2. The quantitative estimate of drug-likeness (QED) is 0.133. The Kier molecular flexibility index (Phi) is 6.74. The molecule has 3 aliphatic heterocycles. The molecule has 8 N–H and O–H groups in total. The summed E-state index contributed by atoms with van der Waals surface area (Å²) in [7, 11) is -10.3. The molecule has 0 spiro atoms. The molecule has 4 aromatic rings. The number of aliphatic hydroxyl groups excluding tert-OH is 2. The highest BCUT2D eigenvalue weighted by molar-refractivity contribution is 7.47. The number of anilines is 2. The first-order chi connectivity index (χ1) is 20.4. The van der Waals surface area contributed by atoms with Gasteiger partial charge in [0.15, 0.2) is 41.5 Å². The van der Waals surface area contributed by atoms with Gasteiger partial charge < -0.3 is 40.9 Å². The fourth-order valence-electron chi connectivity index (χ4n) is 5.03. The number of phosphoric acid groups is 2. The van der Waals surface area contributed by atoms with E-state index >= 15 is 0 Å². The van der Waals surface area contributed by atoms with Crippen molar-refractivity contribution in [1.82, 2.24) is 39.0 Å². The summed E-state index contributed by atoms with van der Waals surface area (Å²) in [6.45, 7) is -0.782. The maximum absolute atomic E-state index is 13.2. The molecular weight excluding hydrogens is 622 g/mol. The number of hydrogen-bond donors (Lipinski definition) is 6. The second-order valence-electron chi connectivity index (χ2n) is 9.59. The molecule has 24 heteroatoms. The van der Waals surface area contributed by atoms with E-state index in [4.69, 9.17) is 39.0 Å². The molecule has 4 unspecified atom stereocenters. The number of ether oxygens (including phenoxy) is 2. The minimum absolute atomic E-state index is 0.0188. The summed E-state index contributed by atoms with van der Waals surface area (Å²) >= 11 is 0. The Morgan fingerprint density at radius 3 is 1.88 bits per heavy atom. The fourth-order valence-corrected chi connectivity index (χ4v) is 7.01. The summed E-state index contributed by atoms with van der Waals surface area (Å²) in [5.41, 5.74) is 12.2. The number of nitrogens with two attached hydrogens (primary N) is 2. The lowest BCUT2D eigenvalue weighted by Crippen LogP contribution is -2.36. The van der Waals surface area contributed by atoms with E-state index in [9.17, 15) is 29.1 Å². The molecule has 7 heterocycles. The predicted octanol–water partition coefficient (Wildman–Crippen LogP) is -1.68. The SMILES string of the molecule is Nc1ncnc2c1ncn2[C@@H]1O[C@@H]2OP(=O)(O)OC3[C@@H](COP(=O)(O)O[C@@H]2C1O)O[C@@H](n1cnc2c(N)ncnc21)[C@H]3O. The van der Waals surface area contributed by atoms with Crippen molar-refractivity contribution >= 4 is 49.6 Å². The van der Waals surface area contributed by atoms with Crippen LogP contribution in [0.15, 0.2) is 25.3 Å². The zero-order valence-electron chi connectivity index (χ0n) is 21.3. The van der Waals surface area contributed by atoms with Crippen molar-refractivity contribution in [3.05, 3.63) is 25.3 Å². The Morgan fingerprint density at radius 2 is 1.28 bits per heavy atom. The summed E-state index contributed by atoms with van der Waals surface area (Å²) in [5, 5.41) is 22.2. The van der Waals surface area contributed by atoms with Crippen LogP contribution in [0.5, 0.6) is 0 Å². The van der Waals surface area contributed by atoms with Crippen molar-refractivity contribution in [1.29, 1.82) is 0 Å². The van der Waals surface area contributed by atoms with Crippen molar-refractivity contribution in [3.63, 3.8) is 0 Å². The average Bonchev–Trinajstić information content (AvgIpc) is 3.70. The number of fused-ring (bicyclic) bond motifs is 4. The van der Waals surface area contributed by atoms with Gasteiger partial charge in [-0.1, -0.05) is 0 Å². The average molecular weight is 644 g/mol. The molecule has 0 amide bonds. The lowest BCUT2D eigenvalue weighted by atomic mass is 10.1. The number of imidazole rings is 2. The van der Waals surface area contributed by atoms with E-state index in [2.05, 4.69) is 29.9 Å². The van der Waals surface area contributed by atoms with E-state index in [0.717, 1.165) is 12.7 Å². The number of aromatic nitrogens is 8. The van der Waals surface area contributed by atoms with Gasteiger partial charge in [0.2, 0.25) is 6.29 Å². The highest BCUT2D eigenvalue weighted by Crippen LogP contribution is 2.56. The predicted molar refractivity (Wildman–Crippen MR) is 136 cm³/mol. The van der Waals surface area contributed by atoms with Crippen LogP contribution in [-0.2, 0) is 36.7 Å². The summed E-state index contributed by atoms with van der Waals surface area (Å²) < 4.78 is 60.8. The molecule has 0 radical (unpaired) electrons. The number of aliphatic hydroxyl groups is 2. The van der Waals surface area contributed by atoms with Crippen LogP contribution in [0.4, 0.5) is 11.6 Å². The summed E-state index contributed by atoms with van der Waals surface area (Å²) in [5.74, 6) is 0.0641. The van der Waals surface area contributed by atoms with E-state index in [1.165, 1.54) is 21.8 Å². The van der Waals surface area contributed by atoms with Crippen LogP contribution in [-0.4, -0.2) is 102 Å². The van der Waals surface area contributed by atoms with E-state index in [0.29, 0.717) is 0 Å². The number of phosphoric ester groups is 2. The first-order valence-electron chi connectivity index (χ1n) is 12.3. The Morgan fingerprint density at radius 1 is 0.744 bits per heavy atom. The van der Waals surface area contributed by atoms with E-state index in [-0.39, 0.29) is 34.0 Å². The van der Waals surface area contributed by atoms with Gasteiger partial charge in [-0.25, -0.2) is 39.0 Å². The van der Waals surface area contributed by atoms with E-state index < -0.39 is 71.5 Å². The molecule has 22 nitrogen and oxygen atoms in total. The molecule has 0 bridgehead atoms. The highest BCUT2D eigenvalue weighted by atomic mass is 31.2. The Bertz CT molecular complexity index is 1810. The number of hydrogen-bond acceptors (Lipinski definition) is 18. The van der Waals surface area contributed by atoms with Crippen LogP contribution < -0.4 is 11.5 Å². The molecule has 43 heavy (non-hydrogen) atoms. The van der Waals surface area contributed by atoms with Gasteiger partial charge in [0.25, 0.3) is 0 Å². The van der Waals surface area contributed by atoms with Gasteiger partial charge in [0.05, 0.1) is 19.3 Å². The van der Waals surface area contributed by atoms with Crippen LogP contribution >= 0.6 is 15.6 Å². The topological polar surface area (TPSA) is 310 Å². The third kappa shape index (κ3) is 4.86. The summed E-state index contributed by atoms with van der Waals surface area (Å²) in [4.78, 5) is 45.2. The third-order valence-electron chi connectivity index (χ3n) is 6.95. The zero-order chi connectivity index (χ0) is 30.3. The monoisotopic (exact) mass is 644 g/mol. The lowest BCUT2D eigenvalue weighted by Gasteiger charge is -2.24. The van der Waals surface area contributed by atoms with Crippen molar-refractivity contribution < 1.29 is 56.7 Å². The van der Waals surface area contributed by atoms with Crippen LogP contribution in [0.1, 0.15) is 12.5 Å². The van der Waals surface area contributed by atoms with Crippen LogP contribution in [0.3, 0.4) is 0 Å². The van der Waals surface area contributed by atoms with Crippen molar-refractivity contribution in [3.8, 4) is 0 Å². The Hall–Kier alpha value is -3.24. The van der Waals surface area contributed by atoms with E-state index in [1.807, 2.05) is 0 Å². The van der Waals surface area contributed by atoms with Crippen molar-refractivity contribution in [2.75, 3.05) is 18.1 Å². The molecular formula is C19H22N10O12P2. The van der Waals surface area contributed by atoms with Crippen molar-refractivity contribution in [2.24, 2.45) is 0 Å². The van der Waals surface area contributed by atoms with Gasteiger partial charge >= 0.3 is 15.6 Å². The molecule has 7 rings (SSSR count). The maximum atomic E-state index is 13.2. The molecule has 10 atom stereocenters. The van der Waals surface area contributed by atoms with Crippen LogP contribution in [0.2, 0.25) is 0 Å². The first-order valence-corrected chi connectivity index (χ1v) is 15.3. The van der Waals surface area contributed by atoms with Gasteiger partial charge in [0, 0.05) is 0 Å². The highest BCUT2D eigenvalue weighted by Gasteiger charge is 2.56. The molecule has 3 aliphatic rings. The molecule has 0 aliphatic carbocycles. The second-order valence-corrected chi connectivity index (χ2v) is 12.4. The molecule has 0 saturated carbocycles. The Labute approximate surface area is 238 Å². The number of nitrogens with zero attached hydrogens (tertiary/aromatic N) is 8. The normalized spacial score (nSPS) is 38.6. The molecule has 4 aromatic heterocycles. The first kappa shape index (κ1) is 28.5. The fraction of sp³-hybridized carbons (Fsp3) is 0.474. The number of rotatable bonds is 2. The molecule has 0 aromatic carbocycles. The van der Waals surface area contributed by atoms with Gasteiger partial charge in [-0.2, -0.15) is 0 Å². The lowest BCUT2D eigenvalue weighted by molar-refractivity contribution is -0.137. The van der Waals surface area contributed by atoms with Gasteiger partial charge in [0.1, 0.15) is 48.1 Å². The van der Waals surface area contributed by atoms with E-state index in [1.54, 1.807) is 0 Å². The van der Waals surface area contributed by atoms with Gasteiger partial charge in [-0.05, 0) is 0 Å². The standard InChI is InChI=1S/C19H22N10O12P2/c20-13-7-15(24-2-22-13)28(4-26-7)17-9(30)11-6(37-17)1-36-42(32,33)40-12-10(31)18(38-19(12)41-43(34,35)39-11)29-5-27-8-14(21)23-3-25-16(8)29/h2-6,9-12,17-19,30-31H,1H2,(H,32,33)(H,34,35)(H2,20,22,24)(H2,21,23,25)/t6-,9+,10?,11?,12-,17-,18-,19-/m1/s1. The molecule has 3 fully saturated rings. The maximum Gasteiger partial charge on any atom is 0.475 e. The van der Waals surface area contributed by atoms with Crippen molar-refractivity contribution in [2.45, 2.75) is 49.3 Å². The minimum Gasteiger partial charge on any atom is -0.386 e. The summed E-state index contributed by atoms with van der Waals surface area (Å²) in [6.07, 6.45) is -8.58. The smallest absolute Gasteiger partial charge is 0.386 e. The molecule has 230 valence electrons.